The van der Waals surface area contributed by atoms with E-state index in [0.29, 0.717) is 5.56 Å². The first-order valence-electron chi connectivity index (χ1n) is 8.64. The summed E-state index contributed by atoms with van der Waals surface area (Å²) in [7, 11) is 1.42. The Kier molecular flexibility index (Phi) is 6.62. The number of carbonyl (C=O) groups is 3. The SMILES string of the molecule is COc1cc(/C=N\NC(=O)CNC(=O)c2ccco2)ccc1OC(=O)c1ccco1. The lowest BCUT2D eigenvalue weighted by molar-refractivity contribution is -0.120. The van der Waals surface area contributed by atoms with Gasteiger partial charge in [-0.05, 0) is 48.0 Å². The molecule has 2 aromatic heterocycles. The largest absolute Gasteiger partial charge is 0.493 e. The van der Waals surface area contributed by atoms with Crippen LogP contribution in [0.15, 0.2) is 68.9 Å². The fourth-order valence-corrected chi connectivity index (χ4v) is 2.27. The maximum atomic E-state index is 12.0. The van der Waals surface area contributed by atoms with E-state index in [1.807, 2.05) is 0 Å². The highest BCUT2D eigenvalue weighted by Crippen LogP contribution is 2.28. The number of nitrogens with zero attached hydrogens (tertiary/aromatic N) is 1. The van der Waals surface area contributed by atoms with Crippen molar-refractivity contribution in [3.05, 3.63) is 72.1 Å². The number of nitrogens with one attached hydrogen (secondary N) is 2. The van der Waals surface area contributed by atoms with E-state index in [0.717, 1.165) is 0 Å². The normalized spacial score (nSPS) is 10.6. The summed E-state index contributed by atoms with van der Waals surface area (Å²) in [5, 5.41) is 6.21. The lowest BCUT2D eigenvalue weighted by Gasteiger charge is -2.09. The summed E-state index contributed by atoms with van der Waals surface area (Å²) in [5.74, 6) is -1.05. The Balaban J connectivity index is 1.53. The number of hydrogen-bond acceptors (Lipinski definition) is 8. The van der Waals surface area contributed by atoms with Crippen LogP contribution in [-0.4, -0.2) is 37.7 Å². The summed E-state index contributed by atoms with van der Waals surface area (Å²) >= 11 is 0. The summed E-state index contributed by atoms with van der Waals surface area (Å²) in [6.07, 6.45) is 4.09. The van der Waals surface area contributed by atoms with Crippen LogP contribution in [0.25, 0.3) is 0 Å². The molecule has 0 aliphatic carbocycles. The van der Waals surface area contributed by atoms with Crippen molar-refractivity contribution in [1.82, 2.24) is 10.7 Å². The second-order valence-electron chi connectivity index (χ2n) is 5.73. The average molecular weight is 411 g/mol. The van der Waals surface area contributed by atoms with E-state index in [1.165, 1.54) is 44.0 Å². The number of methoxy groups -OCH3 is 1. The summed E-state index contributed by atoms with van der Waals surface area (Å²) in [5.41, 5.74) is 2.85. The molecular formula is C20H17N3O7. The number of hydrogen-bond donors (Lipinski definition) is 2. The molecule has 10 heteroatoms. The van der Waals surface area contributed by atoms with Gasteiger partial charge in [-0.2, -0.15) is 5.10 Å². The molecule has 30 heavy (non-hydrogen) atoms. The summed E-state index contributed by atoms with van der Waals surface area (Å²) in [4.78, 5) is 35.4. The van der Waals surface area contributed by atoms with Crippen molar-refractivity contribution in [2.75, 3.05) is 13.7 Å². The van der Waals surface area contributed by atoms with Crippen molar-refractivity contribution in [2.24, 2.45) is 5.10 Å². The number of hydrazone groups is 1. The van der Waals surface area contributed by atoms with Crippen LogP contribution in [0.5, 0.6) is 11.5 Å². The molecule has 2 amide bonds. The van der Waals surface area contributed by atoms with Crippen LogP contribution in [0.4, 0.5) is 0 Å². The van der Waals surface area contributed by atoms with Crippen molar-refractivity contribution in [3.8, 4) is 11.5 Å². The van der Waals surface area contributed by atoms with Crippen LogP contribution in [-0.2, 0) is 4.79 Å². The molecule has 154 valence electrons. The first-order valence-corrected chi connectivity index (χ1v) is 8.64. The lowest BCUT2D eigenvalue weighted by atomic mass is 10.2. The zero-order chi connectivity index (χ0) is 21.3. The van der Waals surface area contributed by atoms with Crippen LogP contribution in [0.2, 0.25) is 0 Å². The van der Waals surface area contributed by atoms with Gasteiger partial charge in [0.1, 0.15) is 0 Å². The van der Waals surface area contributed by atoms with Gasteiger partial charge in [0.2, 0.25) is 5.76 Å². The number of amides is 2. The smallest absolute Gasteiger partial charge is 0.379 e. The van der Waals surface area contributed by atoms with Gasteiger partial charge in [-0.3, -0.25) is 9.59 Å². The van der Waals surface area contributed by atoms with Crippen LogP contribution < -0.4 is 20.2 Å². The molecule has 0 fully saturated rings. The Morgan fingerprint density at radius 3 is 2.43 bits per heavy atom. The van der Waals surface area contributed by atoms with Crippen LogP contribution >= 0.6 is 0 Å². The predicted octanol–water partition coefficient (Wildman–Crippen LogP) is 1.98. The Bertz CT molecular complexity index is 1040. The van der Waals surface area contributed by atoms with Gasteiger partial charge in [0.25, 0.3) is 11.8 Å². The summed E-state index contributed by atoms with van der Waals surface area (Å²) < 4.78 is 20.4. The van der Waals surface area contributed by atoms with Crippen LogP contribution in [0, 0.1) is 0 Å². The van der Waals surface area contributed by atoms with E-state index in [-0.39, 0.29) is 29.6 Å². The van der Waals surface area contributed by atoms with E-state index in [4.69, 9.17) is 18.3 Å². The van der Waals surface area contributed by atoms with Crippen molar-refractivity contribution < 1.29 is 32.7 Å². The molecular weight excluding hydrogens is 394 g/mol. The zero-order valence-electron chi connectivity index (χ0n) is 15.8. The predicted molar refractivity (Wildman–Crippen MR) is 103 cm³/mol. The third kappa shape index (κ3) is 5.35. The van der Waals surface area contributed by atoms with E-state index in [2.05, 4.69) is 15.8 Å². The lowest BCUT2D eigenvalue weighted by Crippen LogP contribution is -2.34. The standard InChI is InChI=1S/C20H17N3O7/c1-27-17-10-13(6-7-14(17)30-20(26)16-5-3-9-29-16)11-22-23-18(24)12-21-19(25)15-4-2-8-28-15/h2-11H,12H2,1H3,(H,21,25)(H,23,24)/b22-11-. The fraction of sp³-hybridized carbons (Fsp3) is 0.100. The number of ether oxygens (including phenoxy) is 2. The second kappa shape index (κ2) is 9.73. The molecule has 10 nitrogen and oxygen atoms in total. The molecule has 0 aliphatic rings. The van der Waals surface area contributed by atoms with Crippen molar-refractivity contribution in [3.63, 3.8) is 0 Å². The number of furan rings is 2. The minimum Gasteiger partial charge on any atom is -0.493 e. The van der Waals surface area contributed by atoms with Gasteiger partial charge in [-0.25, -0.2) is 10.2 Å². The number of benzene rings is 1. The monoisotopic (exact) mass is 411 g/mol. The van der Waals surface area contributed by atoms with Gasteiger partial charge in [0.15, 0.2) is 17.3 Å². The molecule has 0 radical (unpaired) electrons. The van der Waals surface area contributed by atoms with Crippen LogP contribution in [0.1, 0.15) is 26.7 Å². The highest BCUT2D eigenvalue weighted by molar-refractivity contribution is 5.94. The van der Waals surface area contributed by atoms with E-state index in [1.54, 1.807) is 24.3 Å². The average Bonchev–Trinajstić information content (AvgIpc) is 3.47. The molecule has 2 heterocycles. The van der Waals surface area contributed by atoms with E-state index >= 15 is 0 Å². The van der Waals surface area contributed by atoms with Gasteiger partial charge >= 0.3 is 5.97 Å². The zero-order valence-corrected chi connectivity index (χ0v) is 15.8. The molecule has 0 bridgehead atoms. The maximum absolute atomic E-state index is 12.0. The van der Waals surface area contributed by atoms with Gasteiger partial charge in [-0.15, -0.1) is 0 Å². The molecule has 3 rings (SSSR count). The molecule has 2 N–H and O–H groups in total. The van der Waals surface area contributed by atoms with Gasteiger partial charge in [0, 0.05) is 0 Å². The molecule has 1 aromatic carbocycles. The molecule has 0 atom stereocenters. The third-order valence-electron chi connectivity index (χ3n) is 3.67. The third-order valence-corrected chi connectivity index (χ3v) is 3.67. The van der Waals surface area contributed by atoms with Gasteiger partial charge < -0.3 is 23.6 Å². The second-order valence-corrected chi connectivity index (χ2v) is 5.73. The van der Waals surface area contributed by atoms with Crippen molar-refractivity contribution >= 4 is 24.0 Å². The Labute approximate surface area is 170 Å². The van der Waals surface area contributed by atoms with E-state index in [9.17, 15) is 14.4 Å². The highest BCUT2D eigenvalue weighted by atomic mass is 16.6. The highest BCUT2D eigenvalue weighted by Gasteiger charge is 2.15. The minimum absolute atomic E-state index is 0.0598. The Morgan fingerprint density at radius 2 is 1.77 bits per heavy atom. The Hall–Kier alpha value is -4.34. The van der Waals surface area contributed by atoms with E-state index < -0.39 is 17.8 Å². The molecule has 0 aliphatic heterocycles. The maximum Gasteiger partial charge on any atom is 0.379 e. The van der Waals surface area contributed by atoms with Gasteiger partial charge in [-0.1, -0.05) is 0 Å². The molecule has 3 aromatic rings. The summed E-state index contributed by atoms with van der Waals surface area (Å²) in [6, 6.07) is 10.8. The molecule has 0 saturated carbocycles. The van der Waals surface area contributed by atoms with Gasteiger partial charge in [0.05, 0.1) is 32.4 Å². The first kappa shape index (κ1) is 20.4. The number of esters is 1. The topological polar surface area (TPSA) is 132 Å². The van der Waals surface area contributed by atoms with Crippen LogP contribution in [0.3, 0.4) is 0 Å². The number of carbonyl (C=O) groups excluding carboxylic acids is 3. The van der Waals surface area contributed by atoms with Crippen molar-refractivity contribution in [1.29, 1.82) is 0 Å². The quantitative estimate of drug-likeness (QED) is 0.251. The summed E-state index contributed by atoms with van der Waals surface area (Å²) in [6.45, 7) is -0.276. The number of rotatable bonds is 8. The first-order chi connectivity index (χ1) is 14.6. The van der Waals surface area contributed by atoms with Crippen molar-refractivity contribution in [2.45, 2.75) is 0 Å². The molecule has 0 saturated heterocycles. The Morgan fingerprint density at radius 1 is 1.03 bits per heavy atom. The minimum atomic E-state index is -0.663. The fourth-order valence-electron chi connectivity index (χ4n) is 2.27. The molecule has 0 spiro atoms. The molecule has 0 unspecified atom stereocenters.